The topological polar surface area (TPSA) is 12.0 Å². The number of nitrogens with one attached hydrogen (secondary N) is 1. The Morgan fingerprint density at radius 3 is 2.68 bits per heavy atom. The van der Waals surface area contributed by atoms with E-state index in [0.717, 1.165) is 17.7 Å². The molecule has 2 atom stereocenters. The van der Waals surface area contributed by atoms with Crippen LogP contribution < -0.4 is 5.32 Å². The van der Waals surface area contributed by atoms with Crippen LogP contribution >= 0.6 is 11.8 Å². The molecule has 1 N–H and O–H groups in total. The molecule has 2 rings (SSSR count). The molecule has 2 unspecified atom stereocenters. The first kappa shape index (κ1) is 14.9. The highest BCUT2D eigenvalue weighted by molar-refractivity contribution is 8.00. The van der Waals surface area contributed by atoms with Gasteiger partial charge in [0.05, 0.1) is 0 Å². The fourth-order valence-electron chi connectivity index (χ4n) is 2.60. The van der Waals surface area contributed by atoms with Crippen molar-refractivity contribution in [2.75, 3.05) is 6.54 Å². The molecule has 0 saturated heterocycles. The zero-order valence-electron chi connectivity index (χ0n) is 12.7. The highest BCUT2D eigenvalue weighted by Crippen LogP contribution is 2.39. The normalized spacial score (nSPS) is 20.3. The van der Waals surface area contributed by atoms with Crippen LogP contribution in [0.3, 0.4) is 0 Å². The number of hydrogen-bond acceptors (Lipinski definition) is 2. The quantitative estimate of drug-likeness (QED) is 0.850. The van der Waals surface area contributed by atoms with Gasteiger partial charge in [-0.15, -0.1) is 11.8 Å². The number of benzene rings is 1. The van der Waals surface area contributed by atoms with Crippen molar-refractivity contribution in [2.24, 2.45) is 5.92 Å². The zero-order valence-corrected chi connectivity index (χ0v) is 13.5. The summed E-state index contributed by atoms with van der Waals surface area (Å²) in [5.41, 5.74) is 1.79. The van der Waals surface area contributed by atoms with Crippen LogP contribution in [0.1, 0.15) is 46.1 Å². The monoisotopic (exact) mass is 277 g/mol. The van der Waals surface area contributed by atoms with E-state index in [1.165, 1.54) is 24.2 Å². The van der Waals surface area contributed by atoms with Crippen molar-refractivity contribution in [3.05, 3.63) is 29.8 Å². The maximum atomic E-state index is 3.66. The van der Waals surface area contributed by atoms with Crippen LogP contribution in [-0.4, -0.2) is 17.3 Å². The molecule has 0 bridgehead atoms. The summed E-state index contributed by atoms with van der Waals surface area (Å²) in [6.07, 6.45) is 3.86. The van der Waals surface area contributed by atoms with Crippen LogP contribution in [0.5, 0.6) is 0 Å². The van der Waals surface area contributed by atoms with Gasteiger partial charge in [0.2, 0.25) is 0 Å². The lowest BCUT2D eigenvalue weighted by Gasteiger charge is -2.26. The van der Waals surface area contributed by atoms with E-state index in [9.17, 15) is 0 Å². The third-order valence-corrected chi connectivity index (χ3v) is 5.15. The second kappa shape index (κ2) is 6.32. The number of thioether (sulfide) groups is 1. The predicted octanol–water partition coefficient (Wildman–Crippen LogP) is 4.51. The first-order valence-corrected chi connectivity index (χ1v) is 8.35. The van der Waals surface area contributed by atoms with E-state index in [1.54, 1.807) is 5.56 Å². The van der Waals surface area contributed by atoms with E-state index in [-0.39, 0.29) is 5.54 Å². The van der Waals surface area contributed by atoms with Gasteiger partial charge in [0.25, 0.3) is 0 Å². The number of rotatable bonds is 5. The van der Waals surface area contributed by atoms with Crippen molar-refractivity contribution < 1.29 is 0 Å². The van der Waals surface area contributed by atoms with Crippen LogP contribution in [0.2, 0.25) is 0 Å². The molecular formula is C17H27NS. The molecular weight excluding hydrogens is 250 g/mol. The van der Waals surface area contributed by atoms with E-state index in [0.29, 0.717) is 0 Å². The molecule has 19 heavy (non-hydrogen) atoms. The van der Waals surface area contributed by atoms with Crippen LogP contribution in [0, 0.1) is 5.92 Å². The van der Waals surface area contributed by atoms with Gasteiger partial charge in [-0.1, -0.05) is 31.5 Å². The molecule has 0 aromatic heterocycles. The van der Waals surface area contributed by atoms with Crippen LogP contribution in [-0.2, 0) is 6.42 Å². The fraction of sp³-hybridized carbons (Fsp3) is 0.647. The largest absolute Gasteiger partial charge is 0.312 e. The van der Waals surface area contributed by atoms with Crippen molar-refractivity contribution in [2.45, 2.75) is 62.6 Å². The molecule has 0 spiro atoms. The lowest BCUT2D eigenvalue weighted by molar-refractivity contribution is 0.350. The highest BCUT2D eigenvalue weighted by Gasteiger charge is 2.24. The third kappa shape index (κ3) is 4.54. The van der Waals surface area contributed by atoms with Crippen molar-refractivity contribution >= 4 is 11.8 Å². The molecule has 1 aromatic carbocycles. The molecule has 1 nitrogen and oxygen atoms in total. The Morgan fingerprint density at radius 1 is 1.32 bits per heavy atom. The summed E-state index contributed by atoms with van der Waals surface area (Å²) in [7, 11) is 0. The van der Waals surface area contributed by atoms with Gasteiger partial charge < -0.3 is 5.32 Å². The standard InChI is InChI=1S/C17H27NS/c1-5-13(12-18-17(2,3)4)10-15-11-14-8-6-7-9-16(14)19-15/h6-9,13,15,18H,5,10-12H2,1-4H3. The van der Waals surface area contributed by atoms with Crippen molar-refractivity contribution in [3.63, 3.8) is 0 Å². The Hall–Kier alpha value is -0.470. The van der Waals surface area contributed by atoms with Crippen molar-refractivity contribution in [1.82, 2.24) is 5.32 Å². The van der Waals surface area contributed by atoms with Crippen molar-refractivity contribution in [3.8, 4) is 0 Å². The second-order valence-corrected chi connectivity index (χ2v) is 8.03. The molecule has 0 aliphatic carbocycles. The molecule has 1 aromatic rings. The molecule has 1 heterocycles. The van der Waals surface area contributed by atoms with Gasteiger partial charge in [0, 0.05) is 15.7 Å². The first-order valence-electron chi connectivity index (χ1n) is 7.47. The molecule has 106 valence electrons. The lowest BCUT2D eigenvalue weighted by atomic mass is 9.96. The minimum Gasteiger partial charge on any atom is -0.312 e. The zero-order chi connectivity index (χ0) is 13.9. The Labute approximate surface area is 122 Å². The summed E-state index contributed by atoms with van der Waals surface area (Å²) in [4.78, 5) is 1.51. The molecule has 1 aliphatic rings. The molecule has 1 aliphatic heterocycles. The molecule has 0 radical (unpaired) electrons. The van der Waals surface area contributed by atoms with Gasteiger partial charge >= 0.3 is 0 Å². The summed E-state index contributed by atoms with van der Waals surface area (Å²) in [5, 5.41) is 4.44. The Morgan fingerprint density at radius 2 is 2.05 bits per heavy atom. The fourth-order valence-corrected chi connectivity index (χ4v) is 4.05. The van der Waals surface area contributed by atoms with Crippen LogP contribution in [0.4, 0.5) is 0 Å². The Balaban J connectivity index is 1.84. The summed E-state index contributed by atoms with van der Waals surface area (Å²) in [6, 6.07) is 8.89. The summed E-state index contributed by atoms with van der Waals surface area (Å²) < 4.78 is 0. The number of fused-ring (bicyclic) bond motifs is 1. The van der Waals surface area contributed by atoms with Gasteiger partial charge in [0.15, 0.2) is 0 Å². The van der Waals surface area contributed by atoms with E-state index in [1.807, 2.05) is 0 Å². The Bertz CT molecular complexity index is 383. The van der Waals surface area contributed by atoms with Gasteiger partial charge in [-0.2, -0.15) is 0 Å². The van der Waals surface area contributed by atoms with Gasteiger partial charge in [0.1, 0.15) is 0 Å². The third-order valence-electron chi connectivity index (χ3n) is 3.81. The molecule has 2 heteroatoms. The SMILES string of the molecule is CCC(CNC(C)(C)C)CC1Cc2ccccc2S1. The molecule has 0 amide bonds. The van der Waals surface area contributed by atoms with E-state index >= 15 is 0 Å². The minimum atomic E-state index is 0.235. The van der Waals surface area contributed by atoms with Gasteiger partial charge in [-0.25, -0.2) is 0 Å². The van der Waals surface area contributed by atoms with E-state index < -0.39 is 0 Å². The first-order chi connectivity index (χ1) is 8.98. The summed E-state index contributed by atoms with van der Waals surface area (Å²) in [5.74, 6) is 0.797. The Kier molecular flexibility index (Phi) is 4.97. The second-order valence-electron chi connectivity index (χ2n) is 6.69. The maximum Gasteiger partial charge on any atom is 0.0138 e. The van der Waals surface area contributed by atoms with E-state index in [4.69, 9.17) is 0 Å². The predicted molar refractivity (Wildman–Crippen MR) is 85.9 cm³/mol. The van der Waals surface area contributed by atoms with Crippen LogP contribution in [0.15, 0.2) is 29.2 Å². The van der Waals surface area contributed by atoms with Gasteiger partial charge in [-0.05, 0) is 57.7 Å². The van der Waals surface area contributed by atoms with Crippen molar-refractivity contribution in [1.29, 1.82) is 0 Å². The van der Waals surface area contributed by atoms with Gasteiger partial charge in [-0.3, -0.25) is 0 Å². The van der Waals surface area contributed by atoms with Crippen LogP contribution in [0.25, 0.3) is 0 Å². The number of hydrogen-bond donors (Lipinski definition) is 1. The average Bonchev–Trinajstić information content (AvgIpc) is 2.75. The molecule has 0 saturated carbocycles. The average molecular weight is 277 g/mol. The highest BCUT2D eigenvalue weighted by atomic mass is 32.2. The smallest absolute Gasteiger partial charge is 0.0138 e. The van der Waals surface area contributed by atoms with E-state index in [2.05, 4.69) is 69.0 Å². The summed E-state index contributed by atoms with van der Waals surface area (Å²) in [6.45, 7) is 10.2. The minimum absolute atomic E-state index is 0.235. The maximum absolute atomic E-state index is 3.66. The molecule has 0 fully saturated rings. The lowest BCUT2D eigenvalue weighted by Crippen LogP contribution is -2.39. The summed E-state index contributed by atoms with van der Waals surface area (Å²) >= 11 is 2.09.